The van der Waals surface area contributed by atoms with E-state index >= 15 is 0 Å². The number of hydrogen-bond acceptors (Lipinski definition) is 2. The molecule has 0 radical (unpaired) electrons. The molecule has 4 aliphatic rings. The summed E-state index contributed by atoms with van der Waals surface area (Å²) in [4.78, 5) is 2.80. The number of aromatic nitrogens is 1. The second kappa shape index (κ2) is 12.5. The fourth-order valence-corrected chi connectivity index (χ4v) is 14.0. The Morgan fingerprint density at radius 1 is 0.547 bits per heavy atom. The van der Waals surface area contributed by atoms with Gasteiger partial charge in [-0.15, -0.1) is 11.3 Å². The molecule has 2 aliphatic carbocycles. The summed E-state index contributed by atoms with van der Waals surface area (Å²) in [6, 6.07) is 37.2. The lowest BCUT2D eigenvalue weighted by molar-refractivity contribution is 0.332. The summed E-state index contributed by atoms with van der Waals surface area (Å²) < 4.78 is 5.56. The normalized spacial score (nSPS) is 19.0. The van der Waals surface area contributed by atoms with Crippen molar-refractivity contribution in [1.82, 2.24) is 4.57 Å². The van der Waals surface area contributed by atoms with Gasteiger partial charge >= 0.3 is 6.85 Å². The molecule has 0 N–H and O–H groups in total. The molecule has 0 fully saturated rings. The van der Waals surface area contributed by atoms with E-state index in [1.807, 2.05) is 11.3 Å². The van der Waals surface area contributed by atoms with Crippen molar-refractivity contribution in [3.63, 3.8) is 0 Å². The lowest BCUT2D eigenvalue weighted by Crippen LogP contribution is -2.61. The van der Waals surface area contributed by atoms with Crippen molar-refractivity contribution in [3.8, 4) is 16.8 Å². The number of hydrogen-bond donors (Lipinski definition) is 0. The number of benzene rings is 6. The van der Waals surface area contributed by atoms with Crippen molar-refractivity contribution < 1.29 is 0 Å². The van der Waals surface area contributed by atoms with Gasteiger partial charge in [0, 0.05) is 53.6 Å². The Balaban J connectivity index is 1.34. The van der Waals surface area contributed by atoms with Gasteiger partial charge < -0.3 is 9.38 Å². The first-order valence-corrected chi connectivity index (χ1v) is 25.0. The minimum absolute atomic E-state index is 0.0190. The zero-order chi connectivity index (χ0) is 45.0. The van der Waals surface area contributed by atoms with Gasteiger partial charge in [-0.2, -0.15) is 0 Å². The molecule has 0 saturated carbocycles. The standard InChI is InChI=1S/C60H65BN2S/c1-55(2,3)34-19-22-36(23-20-34)63-47-33-43-41(58(9,10)26-28-60(43,13)14)31-39(47)49-50-37-17-15-16-18-48(37)64-54(50)51-38-30-40-42(59(11,12)27-25-57(40,7)8)32-46(38)62-45-24-21-35(56(4,5)6)29-44(45)61(63)52(49)53(51)62/h15-24,29-33H,25-28H2,1-14H3. The van der Waals surface area contributed by atoms with Crippen LogP contribution in [0.25, 0.3) is 58.8 Å². The molecule has 0 saturated heterocycles. The van der Waals surface area contributed by atoms with Gasteiger partial charge in [0.05, 0.1) is 11.0 Å². The molecule has 0 unspecified atom stereocenters. The van der Waals surface area contributed by atoms with Crippen LogP contribution >= 0.6 is 11.3 Å². The van der Waals surface area contributed by atoms with E-state index in [0.29, 0.717) is 0 Å². The molecule has 4 heterocycles. The highest BCUT2D eigenvalue weighted by Gasteiger charge is 2.48. The Kier molecular flexibility index (Phi) is 7.98. The fourth-order valence-electron chi connectivity index (χ4n) is 12.8. The SMILES string of the molecule is CC(C)(C)c1ccc(N2B3c4cc(C(C)(C)C)ccc4-n4c5cc6c(cc5c5c7sc8ccccc8c7c(c3c54)-c3cc4c(cc32)C(C)(C)CCC4(C)C)C(C)(C)CCC6(C)C)cc1. The van der Waals surface area contributed by atoms with Crippen LogP contribution in [0.4, 0.5) is 11.4 Å². The van der Waals surface area contributed by atoms with Crippen LogP contribution in [0.3, 0.4) is 0 Å². The zero-order valence-electron chi connectivity index (χ0n) is 40.9. The van der Waals surface area contributed by atoms with Crippen LogP contribution in [0.2, 0.25) is 0 Å². The van der Waals surface area contributed by atoms with E-state index < -0.39 is 0 Å². The summed E-state index contributed by atoms with van der Waals surface area (Å²) in [7, 11) is 0. The fraction of sp³-hybridized carbons (Fsp3) is 0.400. The van der Waals surface area contributed by atoms with Crippen LogP contribution in [-0.4, -0.2) is 11.4 Å². The Morgan fingerprint density at radius 2 is 1.11 bits per heavy atom. The molecule has 2 aliphatic heterocycles. The van der Waals surface area contributed by atoms with E-state index in [1.165, 1.54) is 140 Å². The molecule has 4 heteroatoms. The molecular formula is C60H65BN2S. The van der Waals surface area contributed by atoms with E-state index in [9.17, 15) is 0 Å². The van der Waals surface area contributed by atoms with Gasteiger partial charge in [0.2, 0.25) is 0 Å². The van der Waals surface area contributed by atoms with Crippen molar-refractivity contribution in [2.24, 2.45) is 0 Å². The van der Waals surface area contributed by atoms with Gasteiger partial charge in [0.15, 0.2) is 0 Å². The van der Waals surface area contributed by atoms with E-state index in [2.05, 4.69) is 197 Å². The third-order valence-electron chi connectivity index (χ3n) is 17.0. The van der Waals surface area contributed by atoms with Gasteiger partial charge in [-0.25, -0.2) is 0 Å². The quantitative estimate of drug-likeness (QED) is 0.149. The first-order valence-electron chi connectivity index (χ1n) is 24.2. The Hall–Kier alpha value is -4.80. The van der Waals surface area contributed by atoms with E-state index in [-0.39, 0.29) is 39.3 Å². The van der Waals surface area contributed by atoms with Crippen LogP contribution in [0.1, 0.15) is 156 Å². The van der Waals surface area contributed by atoms with Gasteiger partial charge in [0.25, 0.3) is 0 Å². The predicted molar refractivity (Wildman–Crippen MR) is 281 cm³/mol. The summed E-state index contributed by atoms with van der Waals surface area (Å²) in [6.45, 7) is 34.0. The third-order valence-corrected chi connectivity index (χ3v) is 18.2. The van der Waals surface area contributed by atoms with Crippen molar-refractivity contribution in [2.45, 2.75) is 155 Å². The maximum atomic E-state index is 2.80. The lowest BCUT2D eigenvalue weighted by atomic mass is 9.43. The summed E-state index contributed by atoms with van der Waals surface area (Å²) in [5.41, 5.74) is 21.6. The van der Waals surface area contributed by atoms with Crippen molar-refractivity contribution in [3.05, 3.63) is 124 Å². The number of thiophene rings is 1. The second-order valence-electron chi connectivity index (χ2n) is 25.1. The van der Waals surface area contributed by atoms with Crippen molar-refractivity contribution >= 4 is 82.5 Å². The number of fused-ring (bicyclic) bond motifs is 15. The minimum atomic E-state index is -0.0390. The summed E-state index contributed by atoms with van der Waals surface area (Å²) in [6.07, 6.45) is 4.76. The molecule has 6 aromatic carbocycles. The number of anilines is 2. The van der Waals surface area contributed by atoms with Crippen LogP contribution < -0.4 is 15.7 Å². The number of rotatable bonds is 1. The van der Waals surface area contributed by atoms with E-state index in [4.69, 9.17) is 0 Å². The topological polar surface area (TPSA) is 8.17 Å². The van der Waals surface area contributed by atoms with Gasteiger partial charge in [-0.3, -0.25) is 0 Å². The molecule has 8 aromatic rings. The molecule has 64 heavy (non-hydrogen) atoms. The first kappa shape index (κ1) is 40.7. The Bertz CT molecular complexity index is 3350. The highest BCUT2D eigenvalue weighted by Crippen LogP contribution is 2.57. The maximum Gasteiger partial charge on any atom is 0.333 e. The molecule has 12 rings (SSSR count). The molecular weight excluding hydrogens is 792 g/mol. The summed E-state index contributed by atoms with van der Waals surface area (Å²) in [5, 5.41) is 5.67. The first-order chi connectivity index (χ1) is 30.0. The minimum Gasteiger partial charge on any atom is -0.376 e. The highest BCUT2D eigenvalue weighted by molar-refractivity contribution is 7.27. The molecule has 2 aromatic heterocycles. The zero-order valence-corrected chi connectivity index (χ0v) is 41.7. The molecule has 0 bridgehead atoms. The molecule has 324 valence electrons. The Morgan fingerprint density at radius 3 is 1.73 bits per heavy atom. The Labute approximate surface area is 386 Å². The molecule has 0 amide bonds. The van der Waals surface area contributed by atoms with E-state index in [0.717, 1.165) is 0 Å². The van der Waals surface area contributed by atoms with Gasteiger partial charge in [-0.1, -0.05) is 139 Å². The summed E-state index contributed by atoms with van der Waals surface area (Å²) in [5.74, 6) is 0. The average molecular weight is 857 g/mol. The smallest absolute Gasteiger partial charge is 0.333 e. The highest BCUT2D eigenvalue weighted by atomic mass is 32.1. The largest absolute Gasteiger partial charge is 0.376 e. The van der Waals surface area contributed by atoms with Crippen LogP contribution in [0, 0.1) is 0 Å². The van der Waals surface area contributed by atoms with Gasteiger partial charge in [0.1, 0.15) is 0 Å². The maximum absolute atomic E-state index is 2.80. The molecule has 2 nitrogen and oxygen atoms in total. The average Bonchev–Trinajstić information content (AvgIpc) is 3.78. The number of nitrogens with zero attached hydrogens (tertiary/aromatic N) is 2. The van der Waals surface area contributed by atoms with Crippen LogP contribution in [0.5, 0.6) is 0 Å². The summed E-state index contributed by atoms with van der Waals surface area (Å²) >= 11 is 2.02. The lowest BCUT2D eigenvalue weighted by Gasteiger charge is -2.46. The molecule has 0 spiro atoms. The van der Waals surface area contributed by atoms with Gasteiger partial charge in [-0.05, 0) is 157 Å². The molecule has 0 atom stereocenters. The van der Waals surface area contributed by atoms with Crippen LogP contribution in [-0.2, 0) is 32.5 Å². The second-order valence-corrected chi connectivity index (χ2v) is 26.2. The third kappa shape index (κ3) is 5.38. The van der Waals surface area contributed by atoms with Crippen molar-refractivity contribution in [1.29, 1.82) is 0 Å². The monoisotopic (exact) mass is 856 g/mol. The van der Waals surface area contributed by atoms with Crippen LogP contribution in [0.15, 0.2) is 91.0 Å². The van der Waals surface area contributed by atoms with E-state index in [1.54, 1.807) is 0 Å². The predicted octanol–water partition coefficient (Wildman–Crippen LogP) is 15.7. The van der Waals surface area contributed by atoms with Crippen molar-refractivity contribution in [2.75, 3.05) is 4.81 Å².